The molecule has 0 spiro atoms. The molecule has 1 saturated carbocycles. The van der Waals surface area contributed by atoms with Crippen molar-refractivity contribution in [3.05, 3.63) is 33.8 Å². The summed E-state index contributed by atoms with van der Waals surface area (Å²) in [6.45, 7) is 0. The van der Waals surface area contributed by atoms with E-state index in [1.807, 2.05) is 0 Å². The van der Waals surface area contributed by atoms with Gasteiger partial charge in [-0.2, -0.15) is 0 Å². The van der Waals surface area contributed by atoms with Gasteiger partial charge in [0.2, 0.25) is 0 Å². The van der Waals surface area contributed by atoms with Gasteiger partial charge >= 0.3 is 0 Å². The summed E-state index contributed by atoms with van der Waals surface area (Å²) >= 11 is 12.1. The van der Waals surface area contributed by atoms with Gasteiger partial charge in [0.05, 0.1) is 11.7 Å². The van der Waals surface area contributed by atoms with Crippen molar-refractivity contribution >= 4 is 23.2 Å². The highest BCUT2D eigenvalue weighted by Crippen LogP contribution is 2.35. The molecule has 0 heterocycles. The summed E-state index contributed by atoms with van der Waals surface area (Å²) in [5.41, 5.74) is -0.258. The fourth-order valence-electron chi connectivity index (χ4n) is 2.43. The van der Waals surface area contributed by atoms with E-state index in [1.54, 1.807) is 18.2 Å². The average Bonchev–Trinajstić information content (AvgIpc) is 2.72. The van der Waals surface area contributed by atoms with Crippen molar-refractivity contribution in [3.63, 3.8) is 0 Å². The second-order valence-corrected chi connectivity index (χ2v) is 5.55. The molecular formula is C13H16Cl2O2. The Hall–Kier alpha value is -0.280. The highest BCUT2D eigenvalue weighted by Gasteiger charge is 2.38. The number of benzene rings is 1. The Morgan fingerprint density at radius 1 is 1.18 bits per heavy atom. The zero-order chi connectivity index (χ0) is 12.5. The van der Waals surface area contributed by atoms with Gasteiger partial charge < -0.3 is 10.2 Å². The van der Waals surface area contributed by atoms with Crippen molar-refractivity contribution in [3.8, 4) is 0 Å². The number of aliphatic hydroxyl groups is 2. The van der Waals surface area contributed by atoms with Crippen LogP contribution in [0.2, 0.25) is 10.0 Å². The number of hydrogen-bond donors (Lipinski definition) is 2. The van der Waals surface area contributed by atoms with Crippen molar-refractivity contribution < 1.29 is 10.2 Å². The molecule has 1 unspecified atom stereocenters. The van der Waals surface area contributed by atoms with Crippen LogP contribution >= 0.6 is 23.2 Å². The molecule has 0 aromatic heterocycles. The minimum absolute atomic E-state index is 0.301. The third-order valence-electron chi connectivity index (χ3n) is 3.55. The zero-order valence-electron chi connectivity index (χ0n) is 9.50. The van der Waals surface area contributed by atoms with Gasteiger partial charge in [-0.15, -0.1) is 0 Å². The normalized spacial score (nSPS) is 20.5. The first kappa shape index (κ1) is 13.2. The quantitative estimate of drug-likeness (QED) is 0.889. The first-order chi connectivity index (χ1) is 8.03. The van der Waals surface area contributed by atoms with Crippen LogP contribution in [0.3, 0.4) is 0 Å². The van der Waals surface area contributed by atoms with E-state index in [4.69, 9.17) is 23.2 Å². The molecule has 2 N–H and O–H groups in total. The third kappa shape index (κ3) is 2.76. The Morgan fingerprint density at radius 2 is 1.71 bits per heavy atom. The van der Waals surface area contributed by atoms with E-state index < -0.39 is 11.7 Å². The predicted molar refractivity (Wildman–Crippen MR) is 69.6 cm³/mol. The molecule has 1 atom stereocenters. The molecule has 94 valence electrons. The van der Waals surface area contributed by atoms with E-state index in [9.17, 15) is 10.2 Å². The minimum Gasteiger partial charge on any atom is -0.390 e. The van der Waals surface area contributed by atoms with Crippen LogP contribution in [0.5, 0.6) is 0 Å². The minimum atomic E-state index is -0.970. The molecule has 0 bridgehead atoms. The van der Waals surface area contributed by atoms with Crippen LogP contribution in [0.1, 0.15) is 31.2 Å². The Balaban J connectivity index is 2.15. The molecule has 1 aliphatic rings. The Bertz CT molecular complexity index is 380. The molecule has 1 aromatic rings. The molecule has 1 aliphatic carbocycles. The van der Waals surface area contributed by atoms with E-state index in [0.29, 0.717) is 34.9 Å². The fraction of sp³-hybridized carbons (Fsp3) is 0.538. The molecule has 1 aromatic carbocycles. The van der Waals surface area contributed by atoms with Gasteiger partial charge in [-0.25, -0.2) is 0 Å². The summed E-state index contributed by atoms with van der Waals surface area (Å²) in [6, 6.07) is 5.26. The van der Waals surface area contributed by atoms with Crippen LogP contribution in [0.25, 0.3) is 0 Å². The Labute approximate surface area is 111 Å². The van der Waals surface area contributed by atoms with Gasteiger partial charge in [-0.1, -0.05) is 42.1 Å². The number of rotatable bonds is 3. The zero-order valence-corrected chi connectivity index (χ0v) is 11.0. The Kier molecular flexibility index (Phi) is 3.99. The second kappa shape index (κ2) is 5.15. The lowest BCUT2D eigenvalue weighted by Crippen LogP contribution is -2.41. The molecule has 0 saturated heterocycles. The maximum Gasteiger partial charge on any atom is 0.0908 e. The lowest BCUT2D eigenvalue weighted by molar-refractivity contribution is -0.0689. The van der Waals surface area contributed by atoms with Gasteiger partial charge in [0.25, 0.3) is 0 Å². The number of aliphatic hydroxyl groups excluding tert-OH is 1. The van der Waals surface area contributed by atoms with E-state index in [-0.39, 0.29) is 0 Å². The van der Waals surface area contributed by atoms with Gasteiger partial charge in [0.15, 0.2) is 0 Å². The summed E-state index contributed by atoms with van der Waals surface area (Å²) < 4.78 is 0. The highest BCUT2D eigenvalue weighted by molar-refractivity contribution is 6.35. The molecule has 0 radical (unpaired) electrons. The predicted octanol–water partition coefficient (Wildman–Crippen LogP) is 3.20. The van der Waals surface area contributed by atoms with Crippen molar-refractivity contribution in [2.75, 3.05) is 0 Å². The average molecular weight is 275 g/mol. The van der Waals surface area contributed by atoms with Crippen LogP contribution < -0.4 is 0 Å². The lowest BCUT2D eigenvalue weighted by atomic mass is 9.90. The van der Waals surface area contributed by atoms with E-state index in [2.05, 4.69) is 0 Å². The fourth-order valence-corrected chi connectivity index (χ4v) is 2.98. The maximum atomic E-state index is 10.3. The third-order valence-corrected chi connectivity index (χ3v) is 4.26. The van der Waals surface area contributed by atoms with Crippen LogP contribution in [0.15, 0.2) is 18.2 Å². The van der Waals surface area contributed by atoms with Crippen molar-refractivity contribution in [2.45, 2.75) is 43.8 Å². The monoisotopic (exact) mass is 274 g/mol. The van der Waals surface area contributed by atoms with Crippen molar-refractivity contribution in [1.29, 1.82) is 0 Å². The van der Waals surface area contributed by atoms with E-state index in [1.165, 1.54) is 0 Å². The van der Waals surface area contributed by atoms with Crippen LogP contribution in [0, 0.1) is 0 Å². The second-order valence-electron chi connectivity index (χ2n) is 4.73. The largest absolute Gasteiger partial charge is 0.390 e. The van der Waals surface area contributed by atoms with Crippen LogP contribution in [0.4, 0.5) is 0 Å². The lowest BCUT2D eigenvalue weighted by Gasteiger charge is -2.29. The van der Waals surface area contributed by atoms with Crippen molar-refractivity contribution in [1.82, 2.24) is 0 Å². The smallest absolute Gasteiger partial charge is 0.0908 e. The number of halogens is 2. The molecular weight excluding hydrogens is 259 g/mol. The summed E-state index contributed by atoms with van der Waals surface area (Å²) in [4.78, 5) is 0. The summed E-state index contributed by atoms with van der Waals surface area (Å²) in [6.07, 6.45) is 2.72. The standard InChI is InChI=1S/C13H16Cl2O2/c14-10-4-3-5-11(15)9(10)8-12(16)13(17)6-1-2-7-13/h3-5,12,16-17H,1-2,6-8H2. The van der Waals surface area contributed by atoms with Gasteiger partial charge in [0.1, 0.15) is 0 Å². The van der Waals surface area contributed by atoms with Crippen LogP contribution in [-0.2, 0) is 6.42 Å². The SMILES string of the molecule is OC(Cc1c(Cl)cccc1Cl)C1(O)CCCC1. The summed E-state index contributed by atoms with van der Waals surface area (Å²) in [7, 11) is 0. The van der Waals surface area contributed by atoms with Crippen molar-refractivity contribution in [2.24, 2.45) is 0 Å². The molecule has 17 heavy (non-hydrogen) atoms. The molecule has 0 aliphatic heterocycles. The maximum absolute atomic E-state index is 10.3. The summed E-state index contributed by atoms with van der Waals surface area (Å²) in [5.74, 6) is 0. The highest BCUT2D eigenvalue weighted by atomic mass is 35.5. The molecule has 2 rings (SSSR count). The summed E-state index contributed by atoms with van der Waals surface area (Å²) in [5, 5.41) is 21.5. The molecule has 1 fully saturated rings. The first-order valence-electron chi connectivity index (χ1n) is 5.86. The van der Waals surface area contributed by atoms with Gasteiger partial charge in [-0.05, 0) is 30.5 Å². The molecule has 2 nitrogen and oxygen atoms in total. The van der Waals surface area contributed by atoms with Gasteiger partial charge in [0, 0.05) is 16.5 Å². The first-order valence-corrected chi connectivity index (χ1v) is 6.62. The molecule has 0 amide bonds. The van der Waals surface area contributed by atoms with E-state index in [0.717, 1.165) is 12.8 Å². The number of hydrogen-bond acceptors (Lipinski definition) is 2. The van der Waals surface area contributed by atoms with Gasteiger partial charge in [-0.3, -0.25) is 0 Å². The van der Waals surface area contributed by atoms with E-state index >= 15 is 0 Å². The Morgan fingerprint density at radius 3 is 2.24 bits per heavy atom. The topological polar surface area (TPSA) is 40.5 Å². The van der Waals surface area contributed by atoms with Crippen LogP contribution in [-0.4, -0.2) is 21.9 Å². The molecule has 4 heteroatoms.